The minimum Gasteiger partial charge on any atom is -0.481 e. The van der Waals surface area contributed by atoms with Gasteiger partial charge in [0.2, 0.25) is 0 Å². The number of carbonyl (C=O) groups is 2. The van der Waals surface area contributed by atoms with E-state index < -0.39 is 16.8 Å². The van der Waals surface area contributed by atoms with E-state index in [4.69, 9.17) is 5.11 Å². The number of likely N-dealkylation sites (tertiary alicyclic amines) is 1. The number of aliphatic carboxylic acids is 1. The fraction of sp³-hybridized carbons (Fsp3) is 0.833. The second-order valence-electron chi connectivity index (χ2n) is 4.90. The van der Waals surface area contributed by atoms with Crippen LogP contribution in [0.1, 0.15) is 25.7 Å². The van der Waals surface area contributed by atoms with Gasteiger partial charge in [-0.25, -0.2) is 4.79 Å². The van der Waals surface area contributed by atoms with E-state index in [1.807, 2.05) is 0 Å². The number of urea groups is 1. The lowest BCUT2D eigenvalue weighted by atomic mass is 9.93. The van der Waals surface area contributed by atoms with Crippen molar-refractivity contribution in [2.24, 2.45) is 5.92 Å². The van der Waals surface area contributed by atoms with Crippen LogP contribution >= 0.6 is 0 Å². The van der Waals surface area contributed by atoms with Crippen LogP contribution in [0, 0.1) is 5.92 Å². The smallest absolute Gasteiger partial charge is 0.317 e. The minimum absolute atomic E-state index is 0.134. The molecule has 1 saturated heterocycles. The van der Waals surface area contributed by atoms with Gasteiger partial charge in [-0.15, -0.1) is 0 Å². The van der Waals surface area contributed by atoms with E-state index in [1.54, 1.807) is 11.2 Å². The number of hydrogen-bond acceptors (Lipinski definition) is 3. The highest BCUT2D eigenvalue weighted by Crippen LogP contribution is 2.20. The van der Waals surface area contributed by atoms with E-state index in [2.05, 4.69) is 5.32 Å². The molecule has 1 aliphatic heterocycles. The van der Waals surface area contributed by atoms with Gasteiger partial charge in [-0.2, -0.15) is 0 Å². The van der Waals surface area contributed by atoms with Gasteiger partial charge in [0.1, 0.15) is 0 Å². The number of carboxylic acids is 1. The molecular formula is C12H22N2O4S. The average Bonchev–Trinajstić information content (AvgIpc) is 2.36. The van der Waals surface area contributed by atoms with Crippen LogP contribution in [0.4, 0.5) is 4.79 Å². The van der Waals surface area contributed by atoms with Crippen molar-refractivity contribution in [2.75, 3.05) is 31.6 Å². The first-order chi connectivity index (χ1) is 8.99. The van der Waals surface area contributed by atoms with Gasteiger partial charge >= 0.3 is 12.0 Å². The highest BCUT2D eigenvalue weighted by molar-refractivity contribution is 7.84. The van der Waals surface area contributed by atoms with Crippen molar-refractivity contribution in [1.29, 1.82) is 0 Å². The van der Waals surface area contributed by atoms with Gasteiger partial charge in [0.25, 0.3) is 0 Å². The van der Waals surface area contributed by atoms with Gasteiger partial charge in [0, 0.05) is 48.9 Å². The maximum absolute atomic E-state index is 11.9. The van der Waals surface area contributed by atoms with E-state index in [0.717, 1.165) is 12.8 Å². The molecule has 1 fully saturated rings. The molecule has 1 aliphatic rings. The zero-order valence-electron chi connectivity index (χ0n) is 11.3. The minimum atomic E-state index is -0.901. The quantitative estimate of drug-likeness (QED) is 0.752. The van der Waals surface area contributed by atoms with Crippen LogP contribution in [0.5, 0.6) is 0 Å². The molecule has 1 rings (SSSR count). The van der Waals surface area contributed by atoms with Crippen molar-refractivity contribution in [3.05, 3.63) is 0 Å². The van der Waals surface area contributed by atoms with Crippen molar-refractivity contribution in [1.82, 2.24) is 10.2 Å². The normalized spacial score (nSPS) is 20.9. The fourth-order valence-electron chi connectivity index (χ4n) is 2.23. The summed E-state index contributed by atoms with van der Waals surface area (Å²) in [6.45, 7) is 1.75. The molecule has 0 aromatic carbocycles. The summed E-state index contributed by atoms with van der Waals surface area (Å²) in [5.41, 5.74) is 0. The first kappa shape index (κ1) is 15.9. The summed E-state index contributed by atoms with van der Waals surface area (Å²) in [4.78, 5) is 24.1. The third-order valence-corrected chi connectivity index (χ3v) is 4.02. The van der Waals surface area contributed by atoms with Crippen molar-refractivity contribution < 1.29 is 18.9 Å². The van der Waals surface area contributed by atoms with E-state index >= 15 is 0 Å². The Kier molecular flexibility index (Phi) is 6.83. The van der Waals surface area contributed by atoms with E-state index in [1.165, 1.54) is 0 Å². The molecule has 0 aliphatic carbocycles. The molecule has 2 N–H and O–H groups in total. The molecule has 2 unspecified atom stereocenters. The standard InChI is InChI=1S/C12H22N2O4S/c1-19(18)8-6-13-12(17)14-7-2-3-10(9-14)4-5-11(15)16/h10H,2-9H2,1H3,(H,13,17)(H,15,16). The van der Waals surface area contributed by atoms with Gasteiger partial charge in [-0.1, -0.05) is 0 Å². The molecule has 0 aromatic heterocycles. The Bertz CT molecular complexity index is 349. The molecule has 0 spiro atoms. The second kappa shape index (κ2) is 8.14. The Morgan fingerprint density at radius 3 is 2.84 bits per heavy atom. The first-order valence-corrected chi connectivity index (χ1v) is 8.26. The Balaban J connectivity index is 2.30. The summed E-state index contributed by atoms with van der Waals surface area (Å²) < 4.78 is 10.9. The third kappa shape index (κ3) is 6.56. The monoisotopic (exact) mass is 290 g/mol. The number of carboxylic acid groups (broad SMARTS) is 1. The molecule has 1 heterocycles. The zero-order valence-corrected chi connectivity index (χ0v) is 12.1. The Morgan fingerprint density at radius 2 is 2.21 bits per heavy atom. The third-order valence-electron chi connectivity index (χ3n) is 3.24. The number of piperidine rings is 1. The van der Waals surface area contributed by atoms with E-state index in [-0.39, 0.29) is 18.4 Å². The lowest BCUT2D eigenvalue weighted by Gasteiger charge is -2.32. The molecule has 7 heteroatoms. The number of amides is 2. The molecule has 110 valence electrons. The summed E-state index contributed by atoms with van der Waals surface area (Å²) in [6, 6.07) is -0.134. The van der Waals surface area contributed by atoms with Gasteiger partial charge < -0.3 is 15.3 Å². The number of nitrogens with zero attached hydrogens (tertiary/aromatic N) is 1. The van der Waals surface area contributed by atoms with Crippen LogP contribution < -0.4 is 5.32 Å². The number of nitrogens with one attached hydrogen (secondary N) is 1. The largest absolute Gasteiger partial charge is 0.481 e. The molecule has 0 radical (unpaired) electrons. The molecule has 0 saturated carbocycles. The lowest BCUT2D eigenvalue weighted by Crippen LogP contribution is -2.46. The maximum atomic E-state index is 11.9. The molecule has 0 bridgehead atoms. The van der Waals surface area contributed by atoms with Crippen LogP contribution in [0.15, 0.2) is 0 Å². The molecule has 0 aromatic rings. The van der Waals surface area contributed by atoms with Crippen molar-refractivity contribution in [3.63, 3.8) is 0 Å². The molecular weight excluding hydrogens is 268 g/mol. The van der Waals surface area contributed by atoms with Crippen molar-refractivity contribution in [3.8, 4) is 0 Å². The summed E-state index contributed by atoms with van der Waals surface area (Å²) in [5.74, 6) is -0.0509. The summed E-state index contributed by atoms with van der Waals surface area (Å²) >= 11 is 0. The fourth-order valence-corrected chi connectivity index (χ4v) is 2.62. The molecule has 6 nitrogen and oxygen atoms in total. The maximum Gasteiger partial charge on any atom is 0.317 e. The number of carbonyl (C=O) groups excluding carboxylic acids is 1. The predicted octanol–water partition coefficient (Wildman–Crippen LogP) is 0.651. The van der Waals surface area contributed by atoms with Gasteiger partial charge in [-0.05, 0) is 25.2 Å². The summed E-state index contributed by atoms with van der Waals surface area (Å²) in [6.07, 6.45) is 4.29. The molecule has 2 atom stereocenters. The van der Waals surface area contributed by atoms with Gasteiger partial charge in [0.05, 0.1) is 0 Å². The van der Waals surface area contributed by atoms with Crippen LogP contribution in [0.25, 0.3) is 0 Å². The summed E-state index contributed by atoms with van der Waals surface area (Å²) in [5, 5.41) is 11.4. The SMILES string of the molecule is CS(=O)CCNC(=O)N1CCCC(CCC(=O)O)C1. The summed E-state index contributed by atoms with van der Waals surface area (Å²) in [7, 11) is -0.901. The first-order valence-electron chi connectivity index (χ1n) is 6.53. The molecule has 2 amide bonds. The Morgan fingerprint density at radius 1 is 1.47 bits per heavy atom. The Labute approximate surface area is 116 Å². The predicted molar refractivity (Wildman–Crippen MR) is 73.5 cm³/mol. The van der Waals surface area contributed by atoms with Crippen LogP contribution in [-0.2, 0) is 15.6 Å². The van der Waals surface area contributed by atoms with Crippen LogP contribution in [-0.4, -0.2) is 57.9 Å². The Hall–Kier alpha value is -1.11. The zero-order chi connectivity index (χ0) is 14.3. The molecule has 19 heavy (non-hydrogen) atoms. The van der Waals surface area contributed by atoms with Crippen molar-refractivity contribution in [2.45, 2.75) is 25.7 Å². The van der Waals surface area contributed by atoms with Crippen molar-refractivity contribution >= 4 is 22.8 Å². The highest BCUT2D eigenvalue weighted by Gasteiger charge is 2.23. The average molecular weight is 290 g/mol. The van der Waals surface area contributed by atoms with Crippen LogP contribution in [0.2, 0.25) is 0 Å². The van der Waals surface area contributed by atoms with E-state index in [9.17, 15) is 13.8 Å². The highest BCUT2D eigenvalue weighted by atomic mass is 32.2. The van der Waals surface area contributed by atoms with Crippen LogP contribution in [0.3, 0.4) is 0 Å². The van der Waals surface area contributed by atoms with E-state index in [0.29, 0.717) is 31.8 Å². The second-order valence-corrected chi connectivity index (χ2v) is 6.45. The number of hydrogen-bond donors (Lipinski definition) is 2. The van der Waals surface area contributed by atoms with Gasteiger partial charge in [0.15, 0.2) is 0 Å². The lowest BCUT2D eigenvalue weighted by molar-refractivity contribution is -0.137. The van der Waals surface area contributed by atoms with Gasteiger partial charge in [-0.3, -0.25) is 9.00 Å². The number of rotatable bonds is 6. The topological polar surface area (TPSA) is 86.7 Å².